The largest absolute Gasteiger partial charge is 0.497 e. The van der Waals surface area contributed by atoms with Crippen molar-refractivity contribution < 1.29 is 14.6 Å². The van der Waals surface area contributed by atoms with Gasteiger partial charge < -0.3 is 19.6 Å². The highest BCUT2D eigenvalue weighted by atomic mass is 35.5. The second-order valence-corrected chi connectivity index (χ2v) is 5.31. The predicted octanol–water partition coefficient (Wildman–Crippen LogP) is 4.29. The van der Waals surface area contributed by atoms with E-state index in [0.717, 1.165) is 10.9 Å². The Morgan fingerprint density at radius 2 is 1.96 bits per heavy atom. The normalized spacial score (nSPS) is 11.3. The van der Waals surface area contributed by atoms with Crippen LogP contribution in [0.4, 0.5) is 5.69 Å². The van der Waals surface area contributed by atoms with E-state index in [9.17, 15) is 5.11 Å². The summed E-state index contributed by atoms with van der Waals surface area (Å²) in [5.41, 5.74) is 1.94. The number of hydrogen-bond donors (Lipinski definition) is 2. The number of hydrogen-bond acceptors (Lipinski definition) is 4. The second kappa shape index (κ2) is 6.22. The van der Waals surface area contributed by atoms with Gasteiger partial charge in [-0.25, -0.2) is 0 Å². The third kappa shape index (κ3) is 2.96. The van der Waals surface area contributed by atoms with Gasteiger partial charge in [0.15, 0.2) is 5.88 Å². The molecule has 0 amide bonds. The predicted molar refractivity (Wildman–Crippen MR) is 91.8 cm³/mol. The van der Waals surface area contributed by atoms with Crippen molar-refractivity contribution in [1.29, 1.82) is 0 Å². The van der Waals surface area contributed by atoms with Crippen molar-refractivity contribution in [2.24, 2.45) is 4.99 Å². The molecule has 0 aliphatic rings. The van der Waals surface area contributed by atoms with E-state index in [2.05, 4.69) is 9.98 Å². The number of aromatic hydroxyl groups is 1. The Labute approximate surface area is 138 Å². The zero-order valence-corrected chi connectivity index (χ0v) is 13.4. The van der Waals surface area contributed by atoms with Crippen LogP contribution in [0.2, 0.25) is 5.02 Å². The van der Waals surface area contributed by atoms with Crippen molar-refractivity contribution in [1.82, 2.24) is 4.98 Å². The quantitative estimate of drug-likeness (QED) is 0.701. The van der Waals surface area contributed by atoms with Gasteiger partial charge in [-0.05, 0) is 24.3 Å². The summed E-state index contributed by atoms with van der Waals surface area (Å²) in [5.74, 6) is 1.32. The Morgan fingerprint density at radius 1 is 1.13 bits per heavy atom. The number of aromatic nitrogens is 1. The molecule has 0 saturated carbocycles. The third-order valence-electron chi connectivity index (χ3n) is 3.50. The number of fused-ring (bicyclic) bond motifs is 1. The van der Waals surface area contributed by atoms with Crippen LogP contribution in [0.5, 0.6) is 17.4 Å². The maximum Gasteiger partial charge on any atom is 0.198 e. The van der Waals surface area contributed by atoms with E-state index in [0.29, 0.717) is 27.8 Å². The van der Waals surface area contributed by atoms with Crippen molar-refractivity contribution >= 4 is 34.4 Å². The van der Waals surface area contributed by atoms with Gasteiger partial charge in [-0.3, -0.25) is 4.99 Å². The van der Waals surface area contributed by atoms with Crippen LogP contribution in [-0.2, 0) is 0 Å². The molecule has 2 aromatic carbocycles. The minimum absolute atomic E-state index is 0.0351. The summed E-state index contributed by atoms with van der Waals surface area (Å²) >= 11 is 5.96. The molecule has 0 saturated heterocycles. The first-order chi connectivity index (χ1) is 11.1. The van der Waals surface area contributed by atoms with Crippen LogP contribution in [0.25, 0.3) is 10.9 Å². The molecule has 0 atom stereocenters. The van der Waals surface area contributed by atoms with Gasteiger partial charge in [-0.2, -0.15) is 0 Å². The molecule has 23 heavy (non-hydrogen) atoms. The first kappa shape index (κ1) is 15.2. The average molecular weight is 331 g/mol. The standard InChI is InChI=1S/C17H15ClN2O3/c1-22-11-4-6-16(23-2)15(8-11)19-9-13-12-5-3-10(18)7-14(12)20-17(13)21/h3-9,20-21H,1-2H3. The van der Waals surface area contributed by atoms with Gasteiger partial charge in [0.25, 0.3) is 0 Å². The fourth-order valence-electron chi connectivity index (χ4n) is 2.34. The lowest BCUT2D eigenvalue weighted by atomic mass is 10.2. The second-order valence-electron chi connectivity index (χ2n) is 4.87. The molecule has 0 bridgehead atoms. The smallest absolute Gasteiger partial charge is 0.198 e. The highest BCUT2D eigenvalue weighted by Gasteiger charge is 2.10. The number of halogens is 1. The average Bonchev–Trinajstić information content (AvgIpc) is 2.86. The van der Waals surface area contributed by atoms with E-state index < -0.39 is 0 Å². The van der Waals surface area contributed by atoms with Crippen LogP contribution < -0.4 is 9.47 Å². The van der Waals surface area contributed by atoms with Crippen molar-refractivity contribution in [2.75, 3.05) is 14.2 Å². The molecule has 0 aliphatic heterocycles. The van der Waals surface area contributed by atoms with Crippen molar-refractivity contribution in [3.05, 3.63) is 47.0 Å². The summed E-state index contributed by atoms with van der Waals surface area (Å²) in [7, 11) is 3.16. The number of rotatable bonds is 4. The molecule has 1 heterocycles. The van der Waals surface area contributed by atoms with Crippen molar-refractivity contribution in [3.63, 3.8) is 0 Å². The number of nitrogens with zero attached hydrogens (tertiary/aromatic N) is 1. The number of methoxy groups -OCH3 is 2. The van der Waals surface area contributed by atoms with Crippen molar-refractivity contribution in [3.8, 4) is 17.4 Å². The monoisotopic (exact) mass is 330 g/mol. The Bertz CT molecular complexity index is 887. The van der Waals surface area contributed by atoms with Gasteiger partial charge in [-0.1, -0.05) is 17.7 Å². The Morgan fingerprint density at radius 3 is 2.70 bits per heavy atom. The molecule has 0 aliphatic carbocycles. The SMILES string of the molecule is COc1ccc(OC)c(N=Cc2c(O)[nH]c3cc(Cl)ccc23)c1. The van der Waals surface area contributed by atoms with Crippen LogP contribution in [0.3, 0.4) is 0 Å². The van der Waals surface area contributed by atoms with Crippen LogP contribution in [-0.4, -0.2) is 30.5 Å². The lowest BCUT2D eigenvalue weighted by Gasteiger charge is -2.06. The molecule has 0 fully saturated rings. The lowest BCUT2D eigenvalue weighted by molar-refractivity contribution is 0.404. The van der Waals surface area contributed by atoms with Gasteiger partial charge in [0.2, 0.25) is 0 Å². The van der Waals surface area contributed by atoms with Crippen LogP contribution in [0.1, 0.15) is 5.56 Å². The summed E-state index contributed by atoms with van der Waals surface area (Å²) in [5, 5.41) is 11.5. The Kier molecular flexibility index (Phi) is 4.12. The molecular formula is C17H15ClN2O3. The molecule has 3 aromatic rings. The zero-order chi connectivity index (χ0) is 16.4. The molecule has 5 nitrogen and oxygen atoms in total. The summed E-state index contributed by atoms with van der Waals surface area (Å²) in [6.45, 7) is 0. The molecule has 0 radical (unpaired) electrons. The molecule has 2 N–H and O–H groups in total. The zero-order valence-electron chi connectivity index (χ0n) is 12.6. The maximum absolute atomic E-state index is 10.1. The fourth-order valence-corrected chi connectivity index (χ4v) is 2.51. The minimum atomic E-state index is 0.0351. The van der Waals surface area contributed by atoms with Crippen molar-refractivity contribution in [2.45, 2.75) is 0 Å². The fraction of sp³-hybridized carbons (Fsp3) is 0.118. The van der Waals surface area contributed by atoms with Gasteiger partial charge in [0, 0.05) is 22.7 Å². The first-order valence-corrected chi connectivity index (χ1v) is 7.26. The summed E-state index contributed by atoms with van der Waals surface area (Å²) in [4.78, 5) is 7.30. The summed E-state index contributed by atoms with van der Waals surface area (Å²) in [6, 6.07) is 10.7. The molecular weight excluding hydrogens is 316 g/mol. The van der Waals surface area contributed by atoms with E-state index in [-0.39, 0.29) is 5.88 Å². The summed E-state index contributed by atoms with van der Waals surface area (Å²) in [6.07, 6.45) is 1.58. The Hall–Kier alpha value is -2.66. The van der Waals surface area contributed by atoms with E-state index in [1.165, 1.54) is 0 Å². The number of benzene rings is 2. The molecule has 0 spiro atoms. The Balaban J connectivity index is 2.05. The molecule has 6 heteroatoms. The van der Waals surface area contributed by atoms with E-state index in [1.807, 2.05) is 6.07 Å². The van der Waals surface area contributed by atoms with E-state index in [4.69, 9.17) is 21.1 Å². The maximum atomic E-state index is 10.1. The van der Waals surface area contributed by atoms with Gasteiger partial charge >= 0.3 is 0 Å². The molecule has 1 aromatic heterocycles. The lowest BCUT2D eigenvalue weighted by Crippen LogP contribution is -1.87. The van der Waals surface area contributed by atoms with Gasteiger partial charge in [0.1, 0.15) is 17.2 Å². The topological polar surface area (TPSA) is 66.8 Å². The van der Waals surface area contributed by atoms with Gasteiger partial charge in [-0.15, -0.1) is 0 Å². The molecule has 118 valence electrons. The van der Waals surface area contributed by atoms with Crippen LogP contribution >= 0.6 is 11.6 Å². The third-order valence-corrected chi connectivity index (χ3v) is 3.73. The highest BCUT2D eigenvalue weighted by Crippen LogP contribution is 2.33. The number of nitrogens with one attached hydrogen (secondary N) is 1. The number of H-pyrrole nitrogens is 1. The highest BCUT2D eigenvalue weighted by molar-refractivity contribution is 6.31. The van der Waals surface area contributed by atoms with Gasteiger partial charge in [0.05, 0.1) is 25.3 Å². The number of aromatic amines is 1. The first-order valence-electron chi connectivity index (χ1n) is 6.88. The minimum Gasteiger partial charge on any atom is -0.497 e. The number of aliphatic imine (C=N–C) groups is 1. The van der Waals surface area contributed by atoms with E-state index in [1.54, 1.807) is 50.8 Å². The number of ether oxygens (including phenoxy) is 2. The summed E-state index contributed by atoms with van der Waals surface area (Å²) < 4.78 is 10.5. The molecule has 0 unspecified atom stereocenters. The van der Waals surface area contributed by atoms with E-state index >= 15 is 0 Å². The van der Waals surface area contributed by atoms with Crippen LogP contribution in [0, 0.1) is 0 Å². The molecule has 3 rings (SSSR count). The van der Waals surface area contributed by atoms with Crippen LogP contribution in [0.15, 0.2) is 41.4 Å².